The largest absolute Gasteiger partial charge is 0.469 e. The lowest BCUT2D eigenvalue weighted by Gasteiger charge is -1.98. The van der Waals surface area contributed by atoms with E-state index < -0.39 is 0 Å². The minimum atomic E-state index is -0.294. The summed E-state index contributed by atoms with van der Waals surface area (Å²) in [6, 6.07) is 0. The second-order valence-electron chi connectivity index (χ2n) is 2.52. The summed E-state index contributed by atoms with van der Waals surface area (Å²) < 4.78 is 5.97. The van der Waals surface area contributed by atoms with Crippen molar-refractivity contribution in [3.63, 3.8) is 0 Å². The van der Waals surface area contributed by atoms with Crippen molar-refractivity contribution < 1.29 is 9.53 Å². The lowest BCUT2D eigenvalue weighted by molar-refractivity contribution is -0.140. The quantitative estimate of drug-likeness (QED) is 0.536. The molecule has 7 heteroatoms. The van der Waals surface area contributed by atoms with Crippen molar-refractivity contribution in [3.05, 3.63) is 12.2 Å². The number of methoxy groups -OCH3 is 1. The van der Waals surface area contributed by atoms with Gasteiger partial charge in [-0.1, -0.05) is 12.2 Å². The molecule has 0 fully saturated rings. The lowest BCUT2D eigenvalue weighted by Crippen LogP contribution is -2.13. The van der Waals surface area contributed by atoms with E-state index in [0.29, 0.717) is 12.4 Å². The standard InChI is InChI=1S/C7H10N4O2S/c1-13-5(12)2-3-11-4-9-7(10-11)6(8)14/h4H,2-3H2,1H3,(H2,8,14). The Morgan fingerprint density at radius 2 is 2.50 bits per heavy atom. The molecule has 1 aromatic heterocycles. The summed E-state index contributed by atoms with van der Waals surface area (Å²) in [5.74, 6) is 0.0160. The first kappa shape index (κ1) is 10.6. The van der Waals surface area contributed by atoms with Crippen molar-refractivity contribution in [3.8, 4) is 0 Å². The molecule has 0 unspecified atom stereocenters. The van der Waals surface area contributed by atoms with Crippen LogP contribution in [0.3, 0.4) is 0 Å². The first-order valence-electron chi connectivity index (χ1n) is 3.89. The highest BCUT2D eigenvalue weighted by Crippen LogP contribution is 1.93. The molecule has 0 aliphatic rings. The second kappa shape index (κ2) is 4.66. The van der Waals surface area contributed by atoms with Crippen LogP contribution in [0.15, 0.2) is 6.33 Å². The number of thiocarbonyl (C=S) groups is 1. The molecule has 0 spiro atoms. The number of aryl methyl sites for hydroxylation is 1. The van der Waals surface area contributed by atoms with Gasteiger partial charge >= 0.3 is 5.97 Å². The van der Waals surface area contributed by atoms with Crippen molar-refractivity contribution in [2.45, 2.75) is 13.0 Å². The lowest BCUT2D eigenvalue weighted by atomic mass is 10.4. The van der Waals surface area contributed by atoms with Gasteiger partial charge in [-0.25, -0.2) is 4.98 Å². The summed E-state index contributed by atoms with van der Waals surface area (Å²) >= 11 is 4.68. The summed E-state index contributed by atoms with van der Waals surface area (Å²) in [5.41, 5.74) is 5.31. The van der Waals surface area contributed by atoms with Gasteiger partial charge in [-0.2, -0.15) is 0 Å². The third-order valence-corrected chi connectivity index (χ3v) is 1.71. The Morgan fingerprint density at radius 1 is 1.79 bits per heavy atom. The minimum absolute atomic E-state index is 0.141. The molecule has 0 bridgehead atoms. The molecule has 1 heterocycles. The monoisotopic (exact) mass is 214 g/mol. The zero-order valence-corrected chi connectivity index (χ0v) is 8.45. The van der Waals surface area contributed by atoms with Crippen molar-refractivity contribution in [2.75, 3.05) is 7.11 Å². The van der Waals surface area contributed by atoms with Crippen molar-refractivity contribution >= 4 is 23.2 Å². The number of rotatable bonds is 4. The van der Waals surface area contributed by atoms with Gasteiger partial charge in [0.2, 0.25) is 5.82 Å². The normalized spacial score (nSPS) is 9.79. The molecule has 76 valence electrons. The highest BCUT2D eigenvalue weighted by atomic mass is 32.1. The van der Waals surface area contributed by atoms with Crippen molar-refractivity contribution in [1.82, 2.24) is 14.8 Å². The summed E-state index contributed by atoms with van der Waals surface area (Å²) in [7, 11) is 1.34. The maximum Gasteiger partial charge on any atom is 0.307 e. The molecular formula is C7H10N4O2S. The van der Waals surface area contributed by atoms with Crippen LogP contribution < -0.4 is 5.73 Å². The van der Waals surface area contributed by atoms with Crippen molar-refractivity contribution in [1.29, 1.82) is 0 Å². The summed E-state index contributed by atoms with van der Waals surface area (Å²) in [6.07, 6.45) is 1.72. The van der Waals surface area contributed by atoms with Crippen LogP contribution in [0.2, 0.25) is 0 Å². The Labute approximate surface area is 86.1 Å². The molecule has 6 nitrogen and oxygen atoms in total. The predicted molar refractivity (Wildman–Crippen MR) is 52.5 cm³/mol. The highest BCUT2D eigenvalue weighted by molar-refractivity contribution is 7.80. The third kappa shape index (κ3) is 2.77. The second-order valence-corrected chi connectivity index (χ2v) is 2.96. The highest BCUT2D eigenvalue weighted by Gasteiger charge is 2.05. The topological polar surface area (TPSA) is 83.0 Å². The van der Waals surface area contributed by atoms with Crippen LogP contribution >= 0.6 is 12.2 Å². The molecule has 1 aromatic rings. The SMILES string of the molecule is COC(=O)CCn1cnc(C(N)=S)n1. The molecule has 0 radical (unpaired) electrons. The van der Waals surface area contributed by atoms with E-state index in [1.807, 2.05) is 0 Å². The van der Waals surface area contributed by atoms with E-state index >= 15 is 0 Å². The predicted octanol–water partition coefficient (Wildman–Crippen LogP) is -0.525. The smallest absolute Gasteiger partial charge is 0.307 e. The number of carbonyl (C=O) groups excluding carboxylic acids is 1. The molecule has 0 aliphatic carbocycles. The Balaban J connectivity index is 2.52. The van der Waals surface area contributed by atoms with E-state index in [9.17, 15) is 4.79 Å². The number of ether oxygens (including phenoxy) is 1. The van der Waals surface area contributed by atoms with Gasteiger partial charge in [0.15, 0.2) is 0 Å². The van der Waals surface area contributed by atoms with Gasteiger partial charge in [-0.15, -0.1) is 5.10 Å². The Kier molecular flexibility index (Phi) is 3.52. The van der Waals surface area contributed by atoms with E-state index in [1.54, 1.807) is 0 Å². The van der Waals surface area contributed by atoms with Gasteiger partial charge in [0, 0.05) is 0 Å². The number of nitrogens with two attached hydrogens (primary N) is 1. The van der Waals surface area contributed by atoms with E-state index in [0.717, 1.165) is 0 Å². The fourth-order valence-corrected chi connectivity index (χ4v) is 0.917. The molecule has 0 aromatic carbocycles. The Hall–Kier alpha value is -1.50. The summed E-state index contributed by atoms with van der Waals surface area (Å²) in [4.78, 5) is 14.8. The van der Waals surface area contributed by atoms with Gasteiger partial charge < -0.3 is 10.5 Å². The van der Waals surface area contributed by atoms with E-state index in [1.165, 1.54) is 18.1 Å². The summed E-state index contributed by atoms with van der Waals surface area (Å²) in [6.45, 7) is 0.405. The van der Waals surface area contributed by atoms with Crippen molar-refractivity contribution in [2.24, 2.45) is 5.73 Å². The molecule has 0 saturated carbocycles. The number of nitrogens with zero attached hydrogens (tertiary/aromatic N) is 3. The zero-order valence-electron chi connectivity index (χ0n) is 7.64. The number of hydrogen-bond donors (Lipinski definition) is 1. The van der Waals surface area contributed by atoms with Gasteiger partial charge in [0.25, 0.3) is 0 Å². The minimum Gasteiger partial charge on any atom is -0.469 e. The van der Waals surface area contributed by atoms with Crippen LogP contribution in [-0.2, 0) is 16.1 Å². The van der Waals surface area contributed by atoms with E-state index in [4.69, 9.17) is 5.73 Å². The molecule has 0 saturated heterocycles. The average Bonchev–Trinajstić information content (AvgIpc) is 2.62. The molecule has 0 aliphatic heterocycles. The fourth-order valence-electron chi connectivity index (χ4n) is 0.823. The molecule has 14 heavy (non-hydrogen) atoms. The van der Waals surface area contributed by atoms with Gasteiger partial charge in [0.1, 0.15) is 11.3 Å². The van der Waals surface area contributed by atoms with Crippen LogP contribution in [0.1, 0.15) is 12.2 Å². The van der Waals surface area contributed by atoms with Crippen LogP contribution in [0.5, 0.6) is 0 Å². The summed E-state index contributed by atoms with van der Waals surface area (Å²) in [5, 5.41) is 3.95. The van der Waals surface area contributed by atoms with Crippen LogP contribution in [-0.4, -0.2) is 32.8 Å². The molecule has 0 atom stereocenters. The van der Waals surface area contributed by atoms with Crippen LogP contribution in [0, 0.1) is 0 Å². The first-order valence-corrected chi connectivity index (χ1v) is 4.30. The zero-order chi connectivity index (χ0) is 10.6. The molecule has 0 amide bonds. The third-order valence-electron chi connectivity index (χ3n) is 1.53. The first-order chi connectivity index (χ1) is 6.63. The molecule has 1 rings (SSSR count). The number of hydrogen-bond acceptors (Lipinski definition) is 5. The molecule has 2 N–H and O–H groups in total. The average molecular weight is 214 g/mol. The molecular weight excluding hydrogens is 204 g/mol. The number of aromatic nitrogens is 3. The van der Waals surface area contributed by atoms with E-state index in [2.05, 4.69) is 27.0 Å². The maximum absolute atomic E-state index is 10.8. The van der Waals surface area contributed by atoms with Crippen LogP contribution in [0.4, 0.5) is 0 Å². The van der Waals surface area contributed by atoms with Crippen LogP contribution in [0.25, 0.3) is 0 Å². The fraction of sp³-hybridized carbons (Fsp3) is 0.429. The van der Waals surface area contributed by atoms with Gasteiger partial charge in [0.05, 0.1) is 20.1 Å². The van der Waals surface area contributed by atoms with Gasteiger partial charge in [-0.05, 0) is 0 Å². The number of esters is 1. The number of carbonyl (C=O) groups is 1. The maximum atomic E-state index is 10.8. The van der Waals surface area contributed by atoms with Gasteiger partial charge in [-0.3, -0.25) is 9.48 Å². The van der Waals surface area contributed by atoms with E-state index in [-0.39, 0.29) is 17.4 Å². The Morgan fingerprint density at radius 3 is 3.00 bits per heavy atom. The Bertz CT molecular complexity index is 349.